The lowest BCUT2D eigenvalue weighted by Gasteiger charge is -2.27. The molecule has 1 aliphatic rings. The maximum absolute atomic E-state index is 12.7. The summed E-state index contributed by atoms with van der Waals surface area (Å²) in [6, 6.07) is 3.57. The zero-order valence-corrected chi connectivity index (χ0v) is 14.8. The third kappa shape index (κ3) is 5.29. The molecule has 25 heavy (non-hydrogen) atoms. The van der Waals surface area contributed by atoms with E-state index in [0.717, 1.165) is 12.1 Å². The molecule has 1 fully saturated rings. The average molecular weight is 376 g/mol. The number of rotatable bonds is 2. The van der Waals surface area contributed by atoms with Crippen molar-refractivity contribution in [2.24, 2.45) is 0 Å². The van der Waals surface area contributed by atoms with Gasteiger partial charge in [-0.25, -0.2) is 4.79 Å². The quantitative estimate of drug-likeness (QED) is 0.849. The fraction of sp³-hybridized carbons (Fsp3) is 0.500. The number of alkyl halides is 3. The van der Waals surface area contributed by atoms with E-state index in [9.17, 15) is 22.8 Å². The van der Waals surface area contributed by atoms with Gasteiger partial charge in [0.1, 0.15) is 11.6 Å². The number of hydrogen-bond acceptors (Lipinski definition) is 4. The van der Waals surface area contributed by atoms with Gasteiger partial charge in [-0.15, -0.1) is 11.8 Å². The summed E-state index contributed by atoms with van der Waals surface area (Å²) >= 11 is 1.38. The van der Waals surface area contributed by atoms with Crippen LogP contribution in [0.2, 0.25) is 0 Å². The zero-order valence-electron chi connectivity index (χ0n) is 14.0. The van der Waals surface area contributed by atoms with E-state index in [1.54, 1.807) is 20.8 Å². The molecule has 1 unspecified atom stereocenters. The van der Waals surface area contributed by atoms with Gasteiger partial charge in [0.25, 0.3) is 0 Å². The summed E-state index contributed by atoms with van der Waals surface area (Å²) in [5, 5.41) is 2.44. The number of hydrogen-bond donors (Lipinski definition) is 1. The van der Waals surface area contributed by atoms with Crippen molar-refractivity contribution < 1.29 is 27.5 Å². The van der Waals surface area contributed by atoms with E-state index in [1.165, 1.54) is 28.8 Å². The molecule has 1 N–H and O–H groups in total. The molecule has 0 spiro atoms. The highest BCUT2D eigenvalue weighted by molar-refractivity contribution is 7.99. The molecule has 0 radical (unpaired) electrons. The van der Waals surface area contributed by atoms with Crippen molar-refractivity contribution in [1.29, 1.82) is 0 Å². The maximum atomic E-state index is 12.7. The van der Waals surface area contributed by atoms with Crippen LogP contribution in [0.5, 0.6) is 0 Å². The number of ether oxygens (including phenoxy) is 1. The van der Waals surface area contributed by atoms with E-state index in [1.807, 2.05) is 0 Å². The van der Waals surface area contributed by atoms with Crippen molar-refractivity contribution in [2.75, 3.05) is 16.9 Å². The third-order valence-electron chi connectivity index (χ3n) is 3.27. The van der Waals surface area contributed by atoms with Gasteiger partial charge in [0, 0.05) is 11.4 Å². The first kappa shape index (κ1) is 19.4. The molecule has 1 heterocycles. The second kappa shape index (κ2) is 7.15. The molecule has 0 aliphatic carbocycles. The highest BCUT2D eigenvalue weighted by Crippen LogP contribution is 2.31. The van der Waals surface area contributed by atoms with E-state index in [4.69, 9.17) is 4.74 Å². The normalized spacial score (nSPS) is 18.2. The molecule has 5 nitrogen and oxygen atoms in total. The van der Waals surface area contributed by atoms with Crippen LogP contribution in [0.15, 0.2) is 24.3 Å². The SMILES string of the molecule is CC(C)(C)OC(=O)N1CSCC1C(=O)Nc1cccc(C(F)(F)F)c1. The summed E-state index contributed by atoms with van der Waals surface area (Å²) in [6.07, 6.45) is -5.12. The Morgan fingerprint density at radius 2 is 1.96 bits per heavy atom. The van der Waals surface area contributed by atoms with Crippen molar-refractivity contribution in [2.45, 2.75) is 38.6 Å². The number of carbonyl (C=O) groups is 2. The number of carbonyl (C=O) groups excluding carboxylic acids is 2. The van der Waals surface area contributed by atoms with E-state index >= 15 is 0 Å². The second-order valence-electron chi connectivity index (χ2n) is 6.53. The monoisotopic (exact) mass is 376 g/mol. The predicted octanol–water partition coefficient (Wildman–Crippen LogP) is 3.95. The summed E-state index contributed by atoms with van der Waals surface area (Å²) in [5.41, 5.74) is -1.53. The first-order chi connectivity index (χ1) is 11.5. The fourth-order valence-corrected chi connectivity index (χ4v) is 3.30. The van der Waals surface area contributed by atoms with Crippen LogP contribution in [0.4, 0.5) is 23.7 Å². The number of benzene rings is 1. The molecule has 0 bridgehead atoms. The summed E-state index contributed by atoms with van der Waals surface area (Å²) in [7, 11) is 0. The standard InChI is InChI=1S/C16H19F3N2O3S/c1-15(2,3)24-14(23)21-9-25-8-12(21)13(22)20-11-6-4-5-10(7-11)16(17,18)19/h4-7,12H,8-9H2,1-3H3,(H,20,22). The van der Waals surface area contributed by atoms with Crippen LogP contribution >= 0.6 is 11.8 Å². The maximum Gasteiger partial charge on any atom is 0.416 e. The highest BCUT2D eigenvalue weighted by atomic mass is 32.2. The molecule has 2 rings (SSSR count). The topological polar surface area (TPSA) is 58.6 Å². The van der Waals surface area contributed by atoms with Crippen LogP contribution in [0.25, 0.3) is 0 Å². The average Bonchev–Trinajstić information content (AvgIpc) is 2.94. The molecule has 1 aromatic carbocycles. The van der Waals surface area contributed by atoms with Gasteiger partial charge < -0.3 is 10.1 Å². The van der Waals surface area contributed by atoms with Gasteiger partial charge >= 0.3 is 12.3 Å². The number of nitrogens with zero attached hydrogens (tertiary/aromatic N) is 1. The fourth-order valence-electron chi connectivity index (χ4n) is 2.16. The summed E-state index contributed by atoms with van der Waals surface area (Å²) in [6.45, 7) is 5.14. The van der Waals surface area contributed by atoms with Gasteiger partial charge in [-0.1, -0.05) is 6.07 Å². The Kier molecular flexibility index (Phi) is 5.55. The molecule has 0 aromatic heterocycles. The number of nitrogens with one attached hydrogen (secondary N) is 1. The Labute approximate surface area is 147 Å². The Bertz CT molecular complexity index is 659. The lowest BCUT2D eigenvalue weighted by Crippen LogP contribution is -2.46. The number of thioether (sulfide) groups is 1. The van der Waals surface area contributed by atoms with Gasteiger partial charge in [-0.05, 0) is 39.0 Å². The van der Waals surface area contributed by atoms with E-state index in [0.29, 0.717) is 5.75 Å². The van der Waals surface area contributed by atoms with Crippen LogP contribution in [0.1, 0.15) is 26.3 Å². The molecule has 2 amide bonds. The minimum atomic E-state index is -4.49. The van der Waals surface area contributed by atoms with Crippen molar-refractivity contribution in [1.82, 2.24) is 4.90 Å². The summed E-state index contributed by atoms with van der Waals surface area (Å²) in [5.74, 6) is 0.0924. The van der Waals surface area contributed by atoms with Crippen LogP contribution < -0.4 is 5.32 Å². The lowest BCUT2D eigenvalue weighted by molar-refractivity contribution is -0.137. The summed E-state index contributed by atoms with van der Waals surface area (Å²) in [4.78, 5) is 25.9. The van der Waals surface area contributed by atoms with Gasteiger partial charge in [0.2, 0.25) is 5.91 Å². The first-order valence-electron chi connectivity index (χ1n) is 7.53. The molecular formula is C16H19F3N2O3S. The van der Waals surface area contributed by atoms with Gasteiger partial charge in [0.15, 0.2) is 0 Å². The predicted molar refractivity (Wildman–Crippen MR) is 89.3 cm³/mol. The second-order valence-corrected chi connectivity index (χ2v) is 7.53. The molecule has 0 saturated carbocycles. The van der Waals surface area contributed by atoms with Crippen molar-refractivity contribution in [3.63, 3.8) is 0 Å². The number of amides is 2. The Morgan fingerprint density at radius 3 is 2.56 bits per heavy atom. The van der Waals surface area contributed by atoms with Crippen molar-refractivity contribution in [3.05, 3.63) is 29.8 Å². The van der Waals surface area contributed by atoms with Crippen LogP contribution in [0.3, 0.4) is 0 Å². The van der Waals surface area contributed by atoms with Crippen molar-refractivity contribution >= 4 is 29.4 Å². The lowest BCUT2D eigenvalue weighted by atomic mass is 10.2. The molecule has 9 heteroatoms. The molecule has 1 aliphatic heterocycles. The number of anilines is 1. The Balaban J connectivity index is 2.08. The number of halogens is 3. The van der Waals surface area contributed by atoms with E-state index in [2.05, 4.69) is 5.32 Å². The molecule has 1 saturated heterocycles. The van der Waals surface area contributed by atoms with Gasteiger partial charge in [-0.3, -0.25) is 9.69 Å². The first-order valence-corrected chi connectivity index (χ1v) is 8.68. The molecular weight excluding hydrogens is 357 g/mol. The highest BCUT2D eigenvalue weighted by Gasteiger charge is 2.37. The van der Waals surface area contributed by atoms with Gasteiger partial charge in [0.05, 0.1) is 11.4 Å². The summed E-state index contributed by atoms with van der Waals surface area (Å²) < 4.78 is 43.5. The largest absolute Gasteiger partial charge is 0.444 e. The smallest absolute Gasteiger partial charge is 0.416 e. The third-order valence-corrected chi connectivity index (χ3v) is 4.28. The molecule has 1 atom stereocenters. The van der Waals surface area contributed by atoms with Crippen LogP contribution in [-0.2, 0) is 15.7 Å². The van der Waals surface area contributed by atoms with Crippen LogP contribution in [0, 0.1) is 0 Å². The minimum absolute atomic E-state index is 0.0286. The molecule has 138 valence electrons. The Hall–Kier alpha value is -1.90. The van der Waals surface area contributed by atoms with Crippen molar-refractivity contribution in [3.8, 4) is 0 Å². The van der Waals surface area contributed by atoms with Crippen LogP contribution in [-0.4, -0.2) is 40.2 Å². The van der Waals surface area contributed by atoms with E-state index < -0.39 is 35.4 Å². The van der Waals surface area contributed by atoms with E-state index in [-0.39, 0.29) is 11.6 Å². The van der Waals surface area contributed by atoms with Gasteiger partial charge in [-0.2, -0.15) is 13.2 Å². The minimum Gasteiger partial charge on any atom is -0.444 e. The molecule has 1 aromatic rings. The zero-order chi connectivity index (χ0) is 18.8. The Morgan fingerprint density at radius 1 is 1.28 bits per heavy atom.